The first-order chi connectivity index (χ1) is 8.71. The third-order valence-corrected chi connectivity index (χ3v) is 2.76. The van der Waals surface area contributed by atoms with Gasteiger partial charge in [-0.25, -0.2) is 4.79 Å². The van der Waals surface area contributed by atoms with Gasteiger partial charge in [0.25, 0.3) is 0 Å². The van der Waals surface area contributed by atoms with Crippen molar-refractivity contribution in [1.29, 1.82) is 0 Å². The third-order valence-electron chi connectivity index (χ3n) is 2.76. The highest BCUT2D eigenvalue weighted by atomic mass is 16.4. The Bertz CT molecular complexity index is 477. The summed E-state index contributed by atoms with van der Waals surface area (Å²) < 4.78 is 0. The lowest BCUT2D eigenvalue weighted by Gasteiger charge is -2.27. The Hall–Kier alpha value is -2.04. The first kappa shape index (κ1) is 15.0. The van der Waals surface area contributed by atoms with Crippen molar-refractivity contribution >= 4 is 11.9 Å². The molecular formula is C14H19NO4. The zero-order chi connectivity index (χ0) is 14.6. The predicted octanol–water partition coefficient (Wildman–Crippen LogP) is 1.55. The molecule has 0 saturated carbocycles. The Kier molecular flexibility index (Phi) is 4.53. The maximum absolute atomic E-state index is 11.8. The monoisotopic (exact) mass is 265 g/mol. The smallest absolute Gasteiger partial charge is 0.326 e. The number of carboxylic acid groups (broad SMARTS) is 1. The highest BCUT2D eigenvalue weighted by molar-refractivity contribution is 5.85. The Labute approximate surface area is 112 Å². The second-order valence-corrected chi connectivity index (χ2v) is 5.51. The van der Waals surface area contributed by atoms with Gasteiger partial charge in [-0.3, -0.25) is 4.79 Å². The van der Waals surface area contributed by atoms with E-state index in [9.17, 15) is 14.7 Å². The number of rotatable bonds is 4. The summed E-state index contributed by atoms with van der Waals surface area (Å²) in [5.74, 6) is -1.47. The zero-order valence-electron chi connectivity index (χ0n) is 11.3. The van der Waals surface area contributed by atoms with Crippen LogP contribution in [0.4, 0.5) is 0 Å². The first-order valence-corrected chi connectivity index (χ1v) is 6.01. The van der Waals surface area contributed by atoms with Crippen LogP contribution in [0.3, 0.4) is 0 Å². The van der Waals surface area contributed by atoms with Crippen LogP contribution in [0.25, 0.3) is 0 Å². The predicted molar refractivity (Wildman–Crippen MR) is 70.8 cm³/mol. The summed E-state index contributed by atoms with van der Waals surface area (Å²) in [5, 5.41) is 21.2. The lowest BCUT2D eigenvalue weighted by molar-refractivity contribution is -0.144. The molecule has 0 aromatic heterocycles. The molecule has 0 heterocycles. The molecular weight excluding hydrogens is 246 g/mol. The summed E-state index contributed by atoms with van der Waals surface area (Å²) in [6.45, 7) is 5.23. The Morgan fingerprint density at radius 1 is 1.26 bits per heavy atom. The molecule has 104 valence electrons. The van der Waals surface area contributed by atoms with Gasteiger partial charge in [-0.2, -0.15) is 0 Å². The normalized spacial score (nSPS) is 12.8. The number of aromatic hydroxyl groups is 1. The molecule has 0 saturated heterocycles. The molecule has 19 heavy (non-hydrogen) atoms. The number of carboxylic acids is 1. The fourth-order valence-electron chi connectivity index (χ4n) is 1.69. The van der Waals surface area contributed by atoms with Gasteiger partial charge in [-0.1, -0.05) is 39.0 Å². The minimum absolute atomic E-state index is 0.0280. The molecule has 1 rings (SSSR count). The number of aliphatic carboxylic acids is 1. The highest BCUT2D eigenvalue weighted by Gasteiger charge is 2.32. The van der Waals surface area contributed by atoms with E-state index in [0.29, 0.717) is 5.56 Å². The largest absolute Gasteiger partial charge is 0.508 e. The van der Waals surface area contributed by atoms with Crippen LogP contribution in [0.2, 0.25) is 0 Å². The van der Waals surface area contributed by atoms with E-state index in [1.807, 2.05) is 0 Å². The summed E-state index contributed by atoms with van der Waals surface area (Å²) in [7, 11) is 0. The molecule has 0 radical (unpaired) electrons. The van der Waals surface area contributed by atoms with Crippen LogP contribution in [0.5, 0.6) is 5.75 Å². The molecule has 0 aliphatic carbocycles. The lowest BCUT2D eigenvalue weighted by atomic mass is 9.86. The molecule has 1 amide bonds. The van der Waals surface area contributed by atoms with E-state index >= 15 is 0 Å². The molecule has 3 N–H and O–H groups in total. The number of hydrogen-bond donors (Lipinski definition) is 3. The van der Waals surface area contributed by atoms with Crippen molar-refractivity contribution in [1.82, 2.24) is 5.32 Å². The quantitative estimate of drug-likeness (QED) is 0.771. The van der Waals surface area contributed by atoms with E-state index in [0.717, 1.165) is 0 Å². The number of para-hydroxylation sites is 1. The van der Waals surface area contributed by atoms with Gasteiger partial charge in [0.15, 0.2) is 0 Å². The van der Waals surface area contributed by atoms with Crippen LogP contribution in [-0.4, -0.2) is 28.1 Å². The van der Waals surface area contributed by atoms with Crippen LogP contribution >= 0.6 is 0 Å². The molecule has 0 fully saturated rings. The average Bonchev–Trinajstić information content (AvgIpc) is 2.27. The molecule has 1 aromatic carbocycles. The van der Waals surface area contributed by atoms with Gasteiger partial charge < -0.3 is 15.5 Å². The van der Waals surface area contributed by atoms with Gasteiger partial charge in [0.05, 0.1) is 6.42 Å². The molecule has 0 unspecified atom stereocenters. The van der Waals surface area contributed by atoms with Crippen molar-refractivity contribution in [2.45, 2.75) is 33.2 Å². The van der Waals surface area contributed by atoms with Gasteiger partial charge in [0, 0.05) is 5.56 Å². The van der Waals surface area contributed by atoms with E-state index in [-0.39, 0.29) is 12.2 Å². The van der Waals surface area contributed by atoms with Crippen molar-refractivity contribution in [2.75, 3.05) is 0 Å². The van der Waals surface area contributed by atoms with Gasteiger partial charge >= 0.3 is 5.97 Å². The summed E-state index contributed by atoms with van der Waals surface area (Å²) >= 11 is 0. The van der Waals surface area contributed by atoms with E-state index in [1.165, 1.54) is 6.07 Å². The number of phenols is 1. The maximum Gasteiger partial charge on any atom is 0.326 e. The fourth-order valence-corrected chi connectivity index (χ4v) is 1.69. The Morgan fingerprint density at radius 2 is 1.84 bits per heavy atom. The highest BCUT2D eigenvalue weighted by Crippen LogP contribution is 2.20. The minimum atomic E-state index is -1.07. The number of nitrogens with one attached hydrogen (secondary N) is 1. The van der Waals surface area contributed by atoms with Crippen molar-refractivity contribution < 1.29 is 19.8 Å². The number of amides is 1. The fraction of sp³-hybridized carbons (Fsp3) is 0.429. The van der Waals surface area contributed by atoms with Crippen molar-refractivity contribution in [3.63, 3.8) is 0 Å². The van der Waals surface area contributed by atoms with Crippen LogP contribution < -0.4 is 5.32 Å². The van der Waals surface area contributed by atoms with E-state index in [2.05, 4.69) is 5.32 Å². The number of benzene rings is 1. The molecule has 1 aromatic rings. The molecule has 5 nitrogen and oxygen atoms in total. The summed E-state index contributed by atoms with van der Waals surface area (Å²) in [4.78, 5) is 23.0. The van der Waals surface area contributed by atoms with Gasteiger partial charge in [-0.15, -0.1) is 0 Å². The average molecular weight is 265 g/mol. The molecule has 0 spiro atoms. The molecule has 0 bridgehead atoms. The van der Waals surface area contributed by atoms with Crippen molar-refractivity contribution in [3.8, 4) is 5.75 Å². The topological polar surface area (TPSA) is 86.6 Å². The first-order valence-electron chi connectivity index (χ1n) is 6.01. The second-order valence-electron chi connectivity index (χ2n) is 5.51. The van der Waals surface area contributed by atoms with Crippen LogP contribution in [0.1, 0.15) is 26.3 Å². The molecule has 5 heteroatoms. The standard InChI is InChI=1S/C14H19NO4/c1-14(2,3)12(13(18)19)15-11(17)8-9-6-4-5-7-10(9)16/h4-7,12,16H,8H2,1-3H3,(H,15,17)(H,18,19)/t12-/m1/s1. The lowest BCUT2D eigenvalue weighted by Crippen LogP contribution is -2.49. The number of carbonyl (C=O) groups is 2. The SMILES string of the molecule is CC(C)(C)[C@H](NC(=O)Cc1ccccc1O)C(=O)O. The Morgan fingerprint density at radius 3 is 2.32 bits per heavy atom. The van der Waals surface area contributed by atoms with Crippen LogP contribution in [-0.2, 0) is 16.0 Å². The minimum Gasteiger partial charge on any atom is -0.508 e. The molecule has 1 atom stereocenters. The molecule has 0 aliphatic rings. The maximum atomic E-state index is 11.8. The Balaban J connectivity index is 2.75. The second kappa shape index (κ2) is 5.73. The van der Waals surface area contributed by atoms with Gasteiger partial charge in [0.1, 0.15) is 11.8 Å². The number of hydrogen-bond acceptors (Lipinski definition) is 3. The summed E-state index contributed by atoms with van der Waals surface area (Å²) in [6.07, 6.45) is -0.0491. The number of carbonyl (C=O) groups excluding carboxylic acids is 1. The van der Waals surface area contributed by atoms with E-state index in [4.69, 9.17) is 5.11 Å². The molecule has 0 aliphatic heterocycles. The third kappa shape index (κ3) is 4.28. The van der Waals surface area contributed by atoms with Crippen molar-refractivity contribution in [3.05, 3.63) is 29.8 Å². The van der Waals surface area contributed by atoms with Gasteiger partial charge in [0.2, 0.25) is 5.91 Å². The summed E-state index contributed by atoms with van der Waals surface area (Å²) in [5.41, 5.74) is -0.113. The van der Waals surface area contributed by atoms with Crippen molar-refractivity contribution in [2.24, 2.45) is 5.41 Å². The van der Waals surface area contributed by atoms with Crippen LogP contribution in [0, 0.1) is 5.41 Å². The number of phenolic OH excluding ortho intramolecular Hbond substituents is 1. The van der Waals surface area contributed by atoms with Gasteiger partial charge in [-0.05, 0) is 11.5 Å². The van der Waals surface area contributed by atoms with Crippen LogP contribution in [0.15, 0.2) is 24.3 Å². The van der Waals surface area contributed by atoms with E-state index < -0.39 is 23.3 Å². The van der Waals surface area contributed by atoms with E-state index in [1.54, 1.807) is 39.0 Å². The zero-order valence-corrected chi connectivity index (χ0v) is 11.3. The summed E-state index contributed by atoms with van der Waals surface area (Å²) in [6, 6.07) is 5.51.